The molecule has 0 amide bonds. The van der Waals surface area contributed by atoms with E-state index in [-0.39, 0.29) is 0 Å². The Labute approximate surface area is 104 Å². The number of thiophene rings is 1. The lowest BCUT2D eigenvalue weighted by Gasteiger charge is -2.28. The third-order valence-electron chi connectivity index (χ3n) is 2.87. The Balaban J connectivity index is 2.54. The van der Waals surface area contributed by atoms with Crippen LogP contribution in [0.15, 0.2) is 16.8 Å². The van der Waals surface area contributed by atoms with Gasteiger partial charge in [-0.2, -0.15) is 11.3 Å². The van der Waals surface area contributed by atoms with Gasteiger partial charge in [0.1, 0.15) is 0 Å². The van der Waals surface area contributed by atoms with Gasteiger partial charge < -0.3 is 10.2 Å². The Kier molecular flexibility index (Phi) is 5.46. The van der Waals surface area contributed by atoms with E-state index in [1.54, 1.807) is 11.3 Å². The van der Waals surface area contributed by atoms with Crippen LogP contribution < -0.4 is 5.32 Å². The average molecular weight is 240 g/mol. The van der Waals surface area contributed by atoms with E-state index in [0.29, 0.717) is 18.0 Å². The van der Waals surface area contributed by atoms with E-state index in [1.807, 2.05) is 0 Å². The maximum absolute atomic E-state index is 3.72. The summed E-state index contributed by atoms with van der Waals surface area (Å²) in [7, 11) is 4.26. The molecule has 3 heteroatoms. The summed E-state index contributed by atoms with van der Waals surface area (Å²) in [6, 6.07) is 3.19. The molecule has 0 spiro atoms. The largest absolute Gasteiger partial charge is 0.308 e. The fourth-order valence-electron chi connectivity index (χ4n) is 1.79. The predicted octanol–water partition coefficient (Wildman–Crippen LogP) is 2.98. The molecular formula is C13H24N2S. The van der Waals surface area contributed by atoms with Gasteiger partial charge in [-0.15, -0.1) is 0 Å². The summed E-state index contributed by atoms with van der Waals surface area (Å²) in [6.07, 6.45) is 0. The van der Waals surface area contributed by atoms with Crippen molar-refractivity contribution in [1.82, 2.24) is 10.2 Å². The minimum absolute atomic E-state index is 0.443. The molecule has 0 saturated carbocycles. The van der Waals surface area contributed by atoms with E-state index in [4.69, 9.17) is 0 Å². The number of hydrogen-bond donors (Lipinski definition) is 1. The van der Waals surface area contributed by atoms with Crippen molar-refractivity contribution in [1.29, 1.82) is 0 Å². The summed E-state index contributed by atoms with van der Waals surface area (Å²) in [6.45, 7) is 7.89. The molecule has 1 heterocycles. The predicted molar refractivity (Wildman–Crippen MR) is 73.0 cm³/mol. The van der Waals surface area contributed by atoms with Crippen LogP contribution in [0.3, 0.4) is 0 Å². The van der Waals surface area contributed by atoms with Crippen molar-refractivity contribution in [2.24, 2.45) is 5.92 Å². The third-order valence-corrected chi connectivity index (χ3v) is 3.58. The van der Waals surface area contributed by atoms with Crippen LogP contribution in [0.4, 0.5) is 0 Å². The zero-order valence-corrected chi connectivity index (χ0v) is 11.8. The van der Waals surface area contributed by atoms with Gasteiger partial charge in [0.15, 0.2) is 0 Å². The van der Waals surface area contributed by atoms with Crippen LogP contribution >= 0.6 is 11.3 Å². The second-order valence-electron chi connectivity index (χ2n) is 5.06. The molecule has 0 bridgehead atoms. The number of nitrogens with one attached hydrogen (secondary N) is 1. The maximum atomic E-state index is 3.72. The van der Waals surface area contributed by atoms with Crippen LogP contribution in [0.5, 0.6) is 0 Å². The summed E-state index contributed by atoms with van der Waals surface area (Å²) in [5.41, 5.74) is 1.40. The maximum Gasteiger partial charge on any atom is 0.0303 e. The van der Waals surface area contributed by atoms with Crippen molar-refractivity contribution in [3.63, 3.8) is 0 Å². The van der Waals surface area contributed by atoms with Crippen molar-refractivity contribution < 1.29 is 0 Å². The van der Waals surface area contributed by atoms with Gasteiger partial charge in [-0.3, -0.25) is 0 Å². The fourth-order valence-corrected chi connectivity index (χ4v) is 2.54. The minimum Gasteiger partial charge on any atom is -0.308 e. The molecule has 0 aromatic carbocycles. The van der Waals surface area contributed by atoms with Crippen LogP contribution in [0.1, 0.15) is 32.4 Å². The first kappa shape index (κ1) is 13.7. The van der Waals surface area contributed by atoms with E-state index >= 15 is 0 Å². The van der Waals surface area contributed by atoms with Gasteiger partial charge in [-0.1, -0.05) is 13.8 Å². The first-order chi connectivity index (χ1) is 7.50. The summed E-state index contributed by atoms with van der Waals surface area (Å²) in [5.74, 6) is 0.656. The zero-order chi connectivity index (χ0) is 12.1. The zero-order valence-electron chi connectivity index (χ0n) is 11.0. The highest BCUT2D eigenvalue weighted by Crippen LogP contribution is 2.17. The topological polar surface area (TPSA) is 15.3 Å². The lowest BCUT2D eigenvalue weighted by Crippen LogP contribution is -2.43. The molecule has 0 fully saturated rings. The van der Waals surface area contributed by atoms with Crippen LogP contribution in [-0.2, 0) is 0 Å². The summed E-state index contributed by atoms with van der Waals surface area (Å²) in [4.78, 5) is 2.25. The van der Waals surface area contributed by atoms with E-state index in [1.165, 1.54) is 5.56 Å². The fraction of sp³-hybridized carbons (Fsp3) is 0.692. The molecule has 0 aliphatic carbocycles. The molecular weight excluding hydrogens is 216 g/mol. The molecule has 1 aromatic heterocycles. The van der Waals surface area contributed by atoms with Gasteiger partial charge in [0, 0.05) is 18.6 Å². The number of likely N-dealkylation sites (N-methyl/N-ethyl adjacent to an activating group) is 1. The average Bonchev–Trinajstić information content (AvgIpc) is 2.68. The molecule has 2 nitrogen and oxygen atoms in total. The smallest absolute Gasteiger partial charge is 0.0303 e. The van der Waals surface area contributed by atoms with Crippen LogP contribution in [-0.4, -0.2) is 31.6 Å². The molecule has 1 rings (SSSR count). The SMILES string of the molecule is CC(NC(CN(C)C)C(C)C)c1ccsc1. The molecule has 0 radical (unpaired) electrons. The number of rotatable bonds is 6. The lowest BCUT2D eigenvalue weighted by molar-refractivity contribution is 0.273. The van der Waals surface area contributed by atoms with Crippen LogP contribution in [0, 0.1) is 5.92 Å². The normalized spacial score (nSPS) is 15.7. The van der Waals surface area contributed by atoms with Gasteiger partial charge in [0.2, 0.25) is 0 Å². The van der Waals surface area contributed by atoms with E-state index in [2.05, 4.69) is 61.9 Å². The molecule has 0 aliphatic heterocycles. The molecule has 92 valence electrons. The number of nitrogens with zero attached hydrogens (tertiary/aromatic N) is 1. The summed E-state index contributed by atoms with van der Waals surface area (Å²) < 4.78 is 0. The molecule has 2 atom stereocenters. The Bertz CT molecular complexity index is 280. The first-order valence-electron chi connectivity index (χ1n) is 5.93. The van der Waals surface area contributed by atoms with E-state index in [0.717, 1.165) is 6.54 Å². The van der Waals surface area contributed by atoms with Crippen LogP contribution in [0.2, 0.25) is 0 Å². The van der Waals surface area contributed by atoms with Crippen molar-refractivity contribution >= 4 is 11.3 Å². The van der Waals surface area contributed by atoms with Crippen molar-refractivity contribution in [3.8, 4) is 0 Å². The van der Waals surface area contributed by atoms with Gasteiger partial charge in [-0.25, -0.2) is 0 Å². The van der Waals surface area contributed by atoms with Gasteiger partial charge >= 0.3 is 0 Å². The highest BCUT2D eigenvalue weighted by atomic mass is 32.1. The Morgan fingerprint density at radius 3 is 2.44 bits per heavy atom. The van der Waals surface area contributed by atoms with Gasteiger partial charge in [-0.05, 0) is 49.3 Å². The standard InChI is InChI=1S/C13H24N2S/c1-10(2)13(8-15(4)5)14-11(3)12-6-7-16-9-12/h6-7,9-11,13-14H,8H2,1-5H3. The minimum atomic E-state index is 0.443. The van der Waals surface area contributed by atoms with E-state index in [9.17, 15) is 0 Å². The lowest BCUT2D eigenvalue weighted by atomic mass is 10.0. The molecule has 0 aliphatic rings. The summed E-state index contributed by atoms with van der Waals surface area (Å²) >= 11 is 1.77. The van der Waals surface area contributed by atoms with Crippen molar-refractivity contribution in [3.05, 3.63) is 22.4 Å². The second kappa shape index (κ2) is 6.38. The monoisotopic (exact) mass is 240 g/mol. The second-order valence-corrected chi connectivity index (χ2v) is 5.84. The highest BCUT2D eigenvalue weighted by Gasteiger charge is 2.17. The van der Waals surface area contributed by atoms with Crippen molar-refractivity contribution in [2.75, 3.05) is 20.6 Å². The molecule has 1 aromatic rings. The van der Waals surface area contributed by atoms with Gasteiger partial charge in [0.25, 0.3) is 0 Å². The quantitative estimate of drug-likeness (QED) is 0.822. The summed E-state index contributed by atoms with van der Waals surface area (Å²) in [5, 5.41) is 8.08. The molecule has 2 unspecified atom stereocenters. The molecule has 16 heavy (non-hydrogen) atoms. The number of hydrogen-bond acceptors (Lipinski definition) is 3. The Morgan fingerprint density at radius 1 is 1.31 bits per heavy atom. The van der Waals surface area contributed by atoms with Crippen molar-refractivity contribution in [2.45, 2.75) is 32.9 Å². The third kappa shape index (κ3) is 4.24. The van der Waals surface area contributed by atoms with Gasteiger partial charge in [0.05, 0.1) is 0 Å². The first-order valence-corrected chi connectivity index (χ1v) is 6.88. The Morgan fingerprint density at radius 2 is 2.00 bits per heavy atom. The molecule has 1 N–H and O–H groups in total. The Hall–Kier alpha value is -0.380. The molecule has 0 saturated heterocycles. The van der Waals surface area contributed by atoms with E-state index < -0.39 is 0 Å². The highest BCUT2D eigenvalue weighted by molar-refractivity contribution is 7.07. The van der Waals surface area contributed by atoms with Crippen LogP contribution in [0.25, 0.3) is 0 Å².